The van der Waals surface area contributed by atoms with Crippen LogP contribution in [0.5, 0.6) is 5.75 Å². The first kappa shape index (κ1) is 12.4. The molecule has 1 aliphatic heterocycles. The predicted molar refractivity (Wildman–Crippen MR) is 75.3 cm³/mol. The van der Waals surface area contributed by atoms with E-state index in [0.717, 1.165) is 11.3 Å². The van der Waals surface area contributed by atoms with E-state index < -0.39 is 6.10 Å². The van der Waals surface area contributed by atoms with Crippen molar-refractivity contribution < 1.29 is 9.53 Å². The summed E-state index contributed by atoms with van der Waals surface area (Å²) in [6.07, 6.45) is -0.481. The molecule has 0 fully saturated rings. The SMILES string of the molecule is Cc1cc(-c2ccc3c(c2)NC(=O)C(C)O3)nc(N)n1. The van der Waals surface area contributed by atoms with Gasteiger partial charge in [-0.15, -0.1) is 0 Å². The number of fused-ring (bicyclic) bond motifs is 1. The average Bonchev–Trinajstić information content (AvgIpc) is 2.38. The third-order valence-electron chi connectivity index (χ3n) is 3.08. The Labute approximate surface area is 116 Å². The van der Waals surface area contributed by atoms with Crippen molar-refractivity contribution in [1.29, 1.82) is 0 Å². The first-order valence-corrected chi connectivity index (χ1v) is 6.26. The standard InChI is InChI=1S/C14H14N4O2/c1-7-5-10(18-14(15)16-7)9-3-4-12-11(6-9)17-13(19)8(2)20-12/h3-6,8H,1-2H3,(H,17,19)(H2,15,16,18). The van der Waals surface area contributed by atoms with Gasteiger partial charge in [0, 0.05) is 11.3 Å². The van der Waals surface area contributed by atoms with E-state index in [1.165, 1.54) is 0 Å². The number of benzene rings is 1. The van der Waals surface area contributed by atoms with Gasteiger partial charge in [0.25, 0.3) is 5.91 Å². The highest BCUT2D eigenvalue weighted by Crippen LogP contribution is 2.33. The number of hydrogen-bond acceptors (Lipinski definition) is 5. The van der Waals surface area contributed by atoms with Crippen LogP contribution in [0.25, 0.3) is 11.3 Å². The summed E-state index contributed by atoms with van der Waals surface area (Å²) in [5.41, 5.74) is 8.65. The third-order valence-corrected chi connectivity index (χ3v) is 3.08. The molecule has 1 amide bonds. The zero-order valence-electron chi connectivity index (χ0n) is 11.2. The Kier molecular flexibility index (Phi) is 2.78. The number of aryl methyl sites for hydroxylation is 1. The Morgan fingerprint density at radius 1 is 1.30 bits per heavy atom. The summed E-state index contributed by atoms with van der Waals surface area (Å²) < 4.78 is 5.51. The minimum Gasteiger partial charge on any atom is -0.479 e. The Balaban J connectivity index is 2.04. The quantitative estimate of drug-likeness (QED) is 0.824. The lowest BCUT2D eigenvalue weighted by Gasteiger charge is -2.23. The number of aromatic nitrogens is 2. The zero-order valence-corrected chi connectivity index (χ0v) is 11.2. The molecule has 0 saturated heterocycles. The number of nitrogens with zero attached hydrogens (tertiary/aromatic N) is 2. The number of rotatable bonds is 1. The summed E-state index contributed by atoms with van der Waals surface area (Å²) in [4.78, 5) is 19.9. The number of nitrogen functional groups attached to an aromatic ring is 1. The van der Waals surface area contributed by atoms with Crippen LogP contribution in [0.3, 0.4) is 0 Å². The molecule has 3 rings (SSSR count). The van der Waals surface area contributed by atoms with E-state index in [1.807, 2.05) is 31.2 Å². The molecule has 0 spiro atoms. The average molecular weight is 270 g/mol. The molecule has 2 aromatic rings. The number of carbonyl (C=O) groups excluding carboxylic acids is 1. The second-order valence-electron chi connectivity index (χ2n) is 4.71. The summed E-state index contributed by atoms with van der Waals surface area (Å²) in [6.45, 7) is 3.56. The van der Waals surface area contributed by atoms with Crippen LogP contribution in [-0.4, -0.2) is 22.0 Å². The summed E-state index contributed by atoms with van der Waals surface area (Å²) in [5.74, 6) is 0.722. The van der Waals surface area contributed by atoms with Crippen molar-refractivity contribution in [3.05, 3.63) is 30.0 Å². The number of hydrogen-bond donors (Lipinski definition) is 2. The second-order valence-corrected chi connectivity index (χ2v) is 4.71. The highest BCUT2D eigenvalue weighted by atomic mass is 16.5. The fraction of sp³-hybridized carbons (Fsp3) is 0.214. The fourth-order valence-corrected chi connectivity index (χ4v) is 2.11. The van der Waals surface area contributed by atoms with Crippen molar-refractivity contribution in [3.8, 4) is 17.0 Å². The van der Waals surface area contributed by atoms with Crippen LogP contribution in [0.2, 0.25) is 0 Å². The lowest BCUT2D eigenvalue weighted by atomic mass is 10.1. The summed E-state index contributed by atoms with van der Waals surface area (Å²) in [5, 5.41) is 2.81. The molecule has 2 heterocycles. The molecular weight excluding hydrogens is 256 g/mol. The Morgan fingerprint density at radius 2 is 2.10 bits per heavy atom. The number of nitrogens with one attached hydrogen (secondary N) is 1. The highest BCUT2D eigenvalue weighted by Gasteiger charge is 2.23. The molecule has 3 N–H and O–H groups in total. The molecule has 1 aliphatic rings. The van der Waals surface area contributed by atoms with Crippen molar-refractivity contribution in [2.45, 2.75) is 20.0 Å². The van der Waals surface area contributed by atoms with Crippen LogP contribution in [-0.2, 0) is 4.79 Å². The molecule has 1 aromatic carbocycles. The van der Waals surface area contributed by atoms with E-state index in [4.69, 9.17) is 10.5 Å². The number of carbonyl (C=O) groups is 1. The van der Waals surface area contributed by atoms with Gasteiger partial charge in [-0.3, -0.25) is 4.79 Å². The van der Waals surface area contributed by atoms with Gasteiger partial charge in [0.1, 0.15) is 5.75 Å². The van der Waals surface area contributed by atoms with Crippen LogP contribution in [0, 0.1) is 6.92 Å². The van der Waals surface area contributed by atoms with Crippen LogP contribution in [0.1, 0.15) is 12.6 Å². The van der Waals surface area contributed by atoms with Gasteiger partial charge in [-0.2, -0.15) is 0 Å². The molecule has 1 atom stereocenters. The topological polar surface area (TPSA) is 90.1 Å². The predicted octanol–water partition coefficient (Wildman–Crippen LogP) is 1.75. The molecule has 102 valence electrons. The van der Waals surface area contributed by atoms with Gasteiger partial charge < -0.3 is 15.8 Å². The lowest BCUT2D eigenvalue weighted by molar-refractivity contribution is -0.122. The van der Waals surface area contributed by atoms with Crippen LogP contribution in [0.4, 0.5) is 11.6 Å². The summed E-state index contributed by atoms with van der Waals surface area (Å²) in [7, 11) is 0. The first-order chi connectivity index (χ1) is 9.52. The minimum atomic E-state index is -0.481. The largest absolute Gasteiger partial charge is 0.479 e. The molecule has 20 heavy (non-hydrogen) atoms. The second kappa shape index (κ2) is 4.48. The van der Waals surface area contributed by atoms with E-state index in [1.54, 1.807) is 6.92 Å². The van der Waals surface area contributed by atoms with E-state index in [-0.39, 0.29) is 11.9 Å². The number of nitrogens with two attached hydrogens (primary N) is 1. The smallest absolute Gasteiger partial charge is 0.265 e. The molecule has 6 heteroatoms. The van der Waals surface area contributed by atoms with Crippen LogP contribution >= 0.6 is 0 Å². The highest BCUT2D eigenvalue weighted by molar-refractivity contribution is 5.98. The van der Waals surface area contributed by atoms with Crippen molar-refractivity contribution >= 4 is 17.5 Å². The van der Waals surface area contributed by atoms with Gasteiger partial charge in [-0.05, 0) is 38.1 Å². The van der Waals surface area contributed by atoms with Gasteiger partial charge in [0.2, 0.25) is 5.95 Å². The Bertz CT molecular complexity index is 679. The number of anilines is 2. The van der Waals surface area contributed by atoms with Crippen LogP contribution < -0.4 is 15.8 Å². The van der Waals surface area contributed by atoms with Crippen LogP contribution in [0.15, 0.2) is 24.3 Å². The lowest BCUT2D eigenvalue weighted by Crippen LogP contribution is -2.34. The third kappa shape index (κ3) is 2.16. The molecular formula is C14H14N4O2. The summed E-state index contributed by atoms with van der Waals surface area (Å²) >= 11 is 0. The molecule has 1 aromatic heterocycles. The van der Waals surface area contributed by atoms with E-state index in [0.29, 0.717) is 17.1 Å². The first-order valence-electron chi connectivity index (χ1n) is 6.26. The molecule has 0 radical (unpaired) electrons. The maximum atomic E-state index is 11.6. The van der Waals surface area contributed by atoms with Crippen molar-refractivity contribution in [2.24, 2.45) is 0 Å². The molecule has 0 bridgehead atoms. The monoisotopic (exact) mass is 270 g/mol. The number of ether oxygens (including phenoxy) is 1. The minimum absolute atomic E-state index is 0.159. The maximum Gasteiger partial charge on any atom is 0.265 e. The van der Waals surface area contributed by atoms with Crippen molar-refractivity contribution in [1.82, 2.24) is 9.97 Å². The van der Waals surface area contributed by atoms with E-state index in [9.17, 15) is 4.79 Å². The molecule has 1 unspecified atom stereocenters. The van der Waals surface area contributed by atoms with Gasteiger partial charge in [0.15, 0.2) is 6.10 Å². The molecule has 0 aliphatic carbocycles. The van der Waals surface area contributed by atoms with E-state index in [2.05, 4.69) is 15.3 Å². The Hall–Kier alpha value is -2.63. The van der Waals surface area contributed by atoms with Crippen molar-refractivity contribution in [3.63, 3.8) is 0 Å². The van der Waals surface area contributed by atoms with Gasteiger partial charge >= 0.3 is 0 Å². The number of amides is 1. The fourth-order valence-electron chi connectivity index (χ4n) is 2.11. The molecule has 6 nitrogen and oxygen atoms in total. The van der Waals surface area contributed by atoms with Gasteiger partial charge in [-0.1, -0.05) is 0 Å². The Morgan fingerprint density at radius 3 is 2.85 bits per heavy atom. The van der Waals surface area contributed by atoms with Crippen molar-refractivity contribution in [2.75, 3.05) is 11.1 Å². The molecule has 0 saturated carbocycles. The zero-order chi connectivity index (χ0) is 14.3. The van der Waals surface area contributed by atoms with E-state index >= 15 is 0 Å². The van der Waals surface area contributed by atoms with Gasteiger partial charge in [-0.25, -0.2) is 9.97 Å². The van der Waals surface area contributed by atoms with Gasteiger partial charge in [0.05, 0.1) is 11.4 Å². The normalized spacial score (nSPS) is 17.1. The summed E-state index contributed by atoms with van der Waals surface area (Å²) in [6, 6.07) is 7.35. The maximum absolute atomic E-state index is 11.6.